The molecule has 0 aliphatic carbocycles. The molecule has 1 aromatic rings. The first-order chi connectivity index (χ1) is 9.49. The van der Waals surface area contributed by atoms with Crippen LogP contribution in [0.25, 0.3) is 0 Å². The van der Waals surface area contributed by atoms with Crippen LogP contribution in [0, 0.1) is 0 Å². The number of nitrogens with zero attached hydrogens (tertiary/aromatic N) is 3. The van der Waals surface area contributed by atoms with Crippen molar-refractivity contribution < 1.29 is 19.5 Å². The second-order valence-electron chi connectivity index (χ2n) is 4.01. The number of aromatic carboxylic acids is 1. The van der Waals surface area contributed by atoms with Crippen LogP contribution in [-0.2, 0) is 17.8 Å². The maximum atomic E-state index is 11.6. The second-order valence-corrected chi connectivity index (χ2v) is 4.01. The van der Waals surface area contributed by atoms with Crippen molar-refractivity contribution in [2.45, 2.75) is 33.2 Å². The van der Waals surface area contributed by atoms with Crippen LogP contribution >= 0.6 is 0 Å². The van der Waals surface area contributed by atoms with Crippen molar-refractivity contribution in [3.05, 3.63) is 11.4 Å². The largest absolute Gasteiger partial charge is 0.476 e. The summed E-state index contributed by atoms with van der Waals surface area (Å²) in [5.74, 6) is -1.78. The summed E-state index contributed by atoms with van der Waals surface area (Å²) in [5.41, 5.74) is 0.198. The van der Waals surface area contributed by atoms with Crippen LogP contribution < -0.4 is 10.6 Å². The molecule has 0 saturated carbocycles. The molecule has 0 bridgehead atoms. The van der Waals surface area contributed by atoms with E-state index in [9.17, 15) is 14.4 Å². The highest BCUT2D eigenvalue weighted by Crippen LogP contribution is 2.08. The molecule has 1 aromatic heterocycles. The van der Waals surface area contributed by atoms with Gasteiger partial charge in [-0.2, -0.15) is 0 Å². The first-order valence-electron chi connectivity index (χ1n) is 6.22. The summed E-state index contributed by atoms with van der Waals surface area (Å²) in [5, 5.41) is 20.7. The van der Waals surface area contributed by atoms with Gasteiger partial charge in [-0.1, -0.05) is 18.6 Å². The van der Waals surface area contributed by atoms with E-state index in [0.717, 1.165) is 0 Å². The molecule has 20 heavy (non-hydrogen) atoms. The number of hydrogen-bond donors (Lipinski definition) is 3. The van der Waals surface area contributed by atoms with Crippen LogP contribution in [0.5, 0.6) is 0 Å². The standard InChI is InChI=1S/C11H17N5O4/c1-3-5-7-9(10(18)19)14-15-16(7)6-8(17)13-11(20)12-4-2/h3-6H2,1-2H3,(H,18,19)(H2,12,13,17,20). The molecule has 0 aliphatic rings. The lowest BCUT2D eigenvalue weighted by atomic mass is 10.2. The molecule has 0 atom stereocenters. The molecule has 0 radical (unpaired) electrons. The molecule has 0 aromatic carbocycles. The summed E-state index contributed by atoms with van der Waals surface area (Å²) in [6.45, 7) is 3.73. The van der Waals surface area contributed by atoms with Crippen molar-refractivity contribution >= 4 is 17.9 Å². The molecule has 110 valence electrons. The lowest BCUT2D eigenvalue weighted by Gasteiger charge is -2.07. The third-order valence-corrected chi connectivity index (χ3v) is 2.41. The highest BCUT2D eigenvalue weighted by molar-refractivity contribution is 5.94. The topological polar surface area (TPSA) is 126 Å². The van der Waals surface area contributed by atoms with E-state index in [1.807, 2.05) is 6.92 Å². The van der Waals surface area contributed by atoms with Gasteiger partial charge >= 0.3 is 12.0 Å². The number of imide groups is 1. The molecule has 0 saturated heterocycles. The number of carboxylic acids is 1. The predicted octanol–water partition coefficient (Wildman–Crippen LogP) is -0.225. The number of hydrogen-bond acceptors (Lipinski definition) is 5. The van der Waals surface area contributed by atoms with Gasteiger partial charge in [-0.25, -0.2) is 14.3 Å². The Kier molecular flexibility index (Phi) is 5.63. The summed E-state index contributed by atoms with van der Waals surface area (Å²) in [4.78, 5) is 33.8. The molecule has 0 spiro atoms. The van der Waals surface area contributed by atoms with E-state index < -0.39 is 17.9 Å². The number of carboxylic acid groups (broad SMARTS) is 1. The summed E-state index contributed by atoms with van der Waals surface area (Å²) in [7, 11) is 0. The van der Waals surface area contributed by atoms with Gasteiger partial charge in [0, 0.05) is 6.54 Å². The average molecular weight is 283 g/mol. The van der Waals surface area contributed by atoms with Gasteiger partial charge in [-0.05, 0) is 13.3 Å². The van der Waals surface area contributed by atoms with Gasteiger partial charge < -0.3 is 10.4 Å². The van der Waals surface area contributed by atoms with Crippen molar-refractivity contribution in [3.8, 4) is 0 Å². The van der Waals surface area contributed by atoms with Crippen molar-refractivity contribution in [1.29, 1.82) is 0 Å². The van der Waals surface area contributed by atoms with E-state index in [2.05, 4.69) is 20.9 Å². The molecule has 0 aliphatic heterocycles. The number of amides is 3. The van der Waals surface area contributed by atoms with Crippen LogP contribution in [0.1, 0.15) is 36.5 Å². The van der Waals surface area contributed by atoms with Gasteiger partial charge in [0.05, 0.1) is 5.69 Å². The number of nitrogens with one attached hydrogen (secondary N) is 2. The Morgan fingerprint density at radius 2 is 2.00 bits per heavy atom. The summed E-state index contributed by atoms with van der Waals surface area (Å²) in [6, 6.07) is -0.604. The van der Waals surface area contributed by atoms with Crippen molar-refractivity contribution in [2.24, 2.45) is 0 Å². The van der Waals surface area contributed by atoms with Crippen molar-refractivity contribution in [3.63, 3.8) is 0 Å². The Hall–Kier alpha value is -2.45. The number of carbonyl (C=O) groups is 3. The SMILES string of the molecule is CCCc1c(C(=O)O)nnn1CC(=O)NC(=O)NCC. The first kappa shape index (κ1) is 15.6. The molecule has 9 nitrogen and oxygen atoms in total. The number of urea groups is 1. The maximum absolute atomic E-state index is 11.6. The van der Waals surface area contributed by atoms with Crippen LogP contribution in [-0.4, -0.2) is 44.6 Å². The monoisotopic (exact) mass is 283 g/mol. The van der Waals surface area contributed by atoms with Gasteiger partial charge in [0.25, 0.3) is 0 Å². The molecule has 3 amide bonds. The zero-order chi connectivity index (χ0) is 15.1. The third-order valence-electron chi connectivity index (χ3n) is 2.41. The lowest BCUT2D eigenvalue weighted by molar-refractivity contribution is -0.120. The summed E-state index contributed by atoms with van der Waals surface area (Å²) >= 11 is 0. The fraction of sp³-hybridized carbons (Fsp3) is 0.545. The number of carbonyl (C=O) groups excluding carboxylic acids is 2. The number of aromatic nitrogens is 3. The molecular weight excluding hydrogens is 266 g/mol. The molecule has 3 N–H and O–H groups in total. The van der Waals surface area contributed by atoms with E-state index in [1.165, 1.54) is 4.68 Å². The van der Waals surface area contributed by atoms with Crippen molar-refractivity contribution in [2.75, 3.05) is 6.54 Å². The van der Waals surface area contributed by atoms with E-state index in [-0.39, 0.29) is 12.2 Å². The molecule has 0 fully saturated rings. The van der Waals surface area contributed by atoms with Crippen molar-refractivity contribution in [1.82, 2.24) is 25.6 Å². The van der Waals surface area contributed by atoms with Crippen LogP contribution in [0.3, 0.4) is 0 Å². The van der Waals surface area contributed by atoms with Crippen LogP contribution in [0.4, 0.5) is 4.79 Å². The molecule has 1 heterocycles. The predicted molar refractivity (Wildman–Crippen MR) is 68.2 cm³/mol. The van der Waals surface area contributed by atoms with Gasteiger partial charge in [0.15, 0.2) is 5.69 Å². The van der Waals surface area contributed by atoms with Gasteiger partial charge in [-0.15, -0.1) is 5.10 Å². The Balaban J connectivity index is 2.79. The van der Waals surface area contributed by atoms with E-state index in [0.29, 0.717) is 25.1 Å². The van der Waals surface area contributed by atoms with E-state index in [1.54, 1.807) is 6.92 Å². The lowest BCUT2D eigenvalue weighted by Crippen LogP contribution is -2.41. The molecular formula is C11H17N5O4. The Bertz CT molecular complexity index is 511. The summed E-state index contributed by atoms with van der Waals surface area (Å²) in [6.07, 6.45) is 1.12. The van der Waals surface area contributed by atoms with Gasteiger partial charge in [0.1, 0.15) is 6.54 Å². The maximum Gasteiger partial charge on any atom is 0.358 e. The highest BCUT2D eigenvalue weighted by atomic mass is 16.4. The molecule has 9 heteroatoms. The quantitative estimate of drug-likeness (QED) is 0.662. The molecule has 1 rings (SSSR count). The highest BCUT2D eigenvalue weighted by Gasteiger charge is 2.20. The minimum atomic E-state index is -1.19. The zero-order valence-corrected chi connectivity index (χ0v) is 11.3. The molecule has 0 unspecified atom stereocenters. The summed E-state index contributed by atoms with van der Waals surface area (Å²) < 4.78 is 1.20. The normalized spacial score (nSPS) is 10.1. The third kappa shape index (κ3) is 4.04. The fourth-order valence-corrected chi connectivity index (χ4v) is 1.62. The van der Waals surface area contributed by atoms with Crippen LogP contribution in [0.2, 0.25) is 0 Å². The fourth-order valence-electron chi connectivity index (χ4n) is 1.62. The Labute approximate surface area is 115 Å². The first-order valence-corrected chi connectivity index (χ1v) is 6.22. The smallest absolute Gasteiger partial charge is 0.358 e. The Morgan fingerprint density at radius 1 is 1.30 bits per heavy atom. The second kappa shape index (κ2) is 7.22. The Morgan fingerprint density at radius 3 is 2.55 bits per heavy atom. The van der Waals surface area contributed by atoms with E-state index in [4.69, 9.17) is 5.11 Å². The average Bonchev–Trinajstić information content (AvgIpc) is 2.73. The zero-order valence-electron chi connectivity index (χ0n) is 11.3. The van der Waals surface area contributed by atoms with Gasteiger partial charge in [0.2, 0.25) is 5.91 Å². The van der Waals surface area contributed by atoms with Crippen LogP contribution in [0.15, 0.2) is 0 Å². The minimum absolute atomic E-state index is 0.169. The number of rotatable bonds is 6. The minimum Gasteiger partial charge on any atom is -0.476 e. The van der Waals surface area contributed by atoms with Gasteiger partial charge in [-0.3, -0.25) is 10.1 Å². The van der Waals surface area contributed by atoms with E-state index >= 15 is 0 Å².